The first kappa shape index (κ1) is 14.4. The summed E-state index contributed by atoms with van der Waals surface area (Å²) in [4.78, 5) is 0. The van der Waals surface area contributed by atoms with E-state index in [1.54, 1.807) is 0 Å². The minimum Gasteiger partial charge on any atom is -1.00 e. The Hall–Kier alpha value is -1.54. The molecule has 0 atom stereocenters. The second kappa shape index (κ2) is 5.69. The third-order valence-corrected chi connectivity index (χ3v) is 4.86. The van der Waals surface area contributed by atoms with E-state index in [9.17, 15) is 0 Å². The number of nitrogen functional groups attached to an aromatic ring is 1. The van der Waals surface area contributed by atoms with Gasteiger partial charge in [0.2, 0.25) is 0 Å². The van der Waals surface area contributed by atoms with Gasteiger partial charge in [0.1, 0.15) is 0 Å². The minimum atomic E-state index is 0. The van der Waals surface area contributed by atoms with Crippen molar-refractivity contribution in [1.82, 2.24) is 0 Å². The molecular weight excluding hydrogens is 280 g/mol. The van der Waals surface area contributed by atoms with Gasteiger partial charge in [0.15, 0.2) is 17.9 Å². The maximum atomic E-state index is 6.43. The largest absolute Gasteiger partial charge is 1.00 e. The lowest BCUT2D eigenvalue weighted by Crippen LogP contribution is -3.00. The Morgan fingerprint density at radius 3 is 2.00 bits per heavy atom. The fourth-order valence-corrected chi connectivity index (χ4v) is 3.93. The predicted molar refractivity (Wildman–Crippen MR) is 80.6 cm³/mol. The molecule has 0 amide bonds. The molecule has 3 heteroatoms. The monoisotopic (exact) mass is 300 g/mol. The van der Waals surface area contributed by atoms with E-state index in [0.717, 1.165) is 12.2 Å². The van der Waals surface area contributed by atoms with Crippen LogP contribution in [0.25, 0.3) is 0 Å². The quantitative estimate of drug-likeness (QED) is 0.751. The molecule has 110 valence electrons. The van der Waals surface area contributed by atoms with Crippen molar-refractivity contribution in [3.8, 4) is 0 Å². The normalized spacial score (nSPS) is 15.4. The van der Waals surface area contributed by atoms with E-state index in [2.05, 4.69) is 34.9 Å². The number of nitrogens with two attached hydrogens (primary N) is 1. The average Bonchev–Trinajstić information content (AvgIpc) is 3.14. The van der Waals surface area contributed by atoms with Gasteiger partial charge in [-0.05, 0) is 25.7 Å². The summed E-state index contributed by atoms with van der Waals surface area (Å²) in [5.74, 6) is 0. The molecule has 2 aromatic rings. The van der Waals surface area contributed by atoms with Crippen LogP contribution in [0.2, 0.25) is 0 Å². The highest BCUT2D eigenvalue weighted by molar-refractivity contribution is 5.57. The van der Waals surface area contributed by atoms with Crippen LogP contribution in [0, 0.1) is 0 Å². The molecule has 0 bridgehead atoms. The van der Waals surface area contributed by atoms with Crippen LogP contribution in [0.15, 0.2) is 30.3 Å². The number of pyridine rings is 1. The standard InChI is InChI=1S/C18H20N2.ClH/c19-18-14-8-4-10-16(14)20(17-11-5-9-15(17)18)12-13-6-2-1-3-7-13;/h1-3,6-7,19H,4-5,8-12H2;1H. The van der Waals surface area contributed by atoms with Crippen molar-refractivity contribution >= 4 is 5.69 Å². The summed E-state index contributed by atoms with van der Waals surface area (Å²) in [6.07, 6.45) is 7.25. The van der Waals surface area contributed by atoms with E-state index in [-0.39, 0.29) is 12.4 Å². The lowest BCUT2D eigenvalue weighted by atomic mass is 10.0. The third-order valence-electron chi connectivity index (χ3n) is 4.86. The lowest BCUT2D eigenvalue weighted by molar-refractivity contribution is -0.702. The molecule has 4 rings (SSSR count). The molecule has 2 nitrogen and oxygen atoms in total. The highest BCUT2D eigenvalue weighted by Crippen LogP contribution is 2.33. The third kappa shape index (κ3) is 2.32. The second-order valence-electron chi connectivity index (χ2n) is 6.04. The van der Waals surface area contributed by atoms with Crippen LogP contribution in [0.1, 0.15) is 40.9 Å². The van der Waals surface area contributed by atoms with E-state index >= 15 is 0 Å². The van der Waals surface area contributed by atoms with Crippen LogP contribution in [0.3, 0.4) is 0 Å². The van der Waals surface area contributed by atoms with Crippen LogP contribution in [0.4, 0.5) is 5.69 Å². The lowest BCUT2D eigenvalue weighted by Gasteiger charge is -2.12. The van der Waals surface area contributed by atoms with E-state index in [4.69, 9.17) is 5.73 Å². The molecule has 2 aliphatic carbocycles. The molecule has 1 aromatic carbocycles. The van der Waals surface area contributed by atoms with Crippen LogP contribution in [-0.4, -0.2) is 0 Å². The van der Waals surface area contributed by atoms with Crippen molar-refractivity contribution in [3.05, 3.63) is 58.4 Å². The number of rotatable bonds is 2. The summed E-state index contributed by atoms with van der Waals surface area (Å²) in [5, 5.41) is 0. The SMILES string of the molecule is Nc1c2c([n+](Cc3ccccc3)c3c1CCC3)CCC2.[Cl-]. The molecule has 2 N–H and O–H groups in total. The molecule has 21 heavy (non-hydrogen) atoms. The van der Waals surface area contributed by atoms with Crippen LogP contribution in [0.5, 0.6) is 0 Å². The van der Waals surface area contributed by atoms with Gasteiger partial charge in [-0.1, -0.05) is 30.3 Å². The van der Waals surface area contributed by atoms with Crippen molar-refractivity contribution in [2.75, 3.05) is 5.73 Å². The number of anilines is 1. The Kier molecular flexibility index (Phi) is 3.90. The highest BCUT2D eigenvalue weighted by atomic mass is 35.5. The topological polar surface area (TPSA) is 29.9 Å². The molecule has 0 saturated heterocycles. The predicted octanol–water partition coefficient (Wildman–Crippen LogP) is -0.414. The number of fused-ring (bicyclic) bond motifs is 2. The number of benzene rings is 1. The summed E-state index contributed by atoms with van der Waals surface area (Å²) in [6.45, 7) is 1.01. The van der Waals surface area contributed by atoms with Crippen molar-refractivity contribution in [1.29, 1.82) is 0 Å². The van der Waals surface area contributed by atoms with Crippen molar-refractivity contribution in [3.63, 3.8) is 0 Å². The zero-order chi connectivity index (χ0) is 13.5. The summed E-state index contributed by atoms with van der Waals surface area (Å²) >= 11 is 0. The molecule has 1 aromatic heterocycles. The Morgan fingerprint density at radius 1 is 0.857 bits per heavy atom. The Morgan fingerprint density at radius 2 is 1.43 bits per heavy atom. The molecule has 0 unspecified atom stereocenters. The Balaban J connectivity index is 0.00000132. The molecule has 0 spiro atoms. The zero-order valence-corrected chi connectivity index (χ0v) is 13.0. The second-order valence-corrected chi connectivity index (χ2v) is 6.04. The van der Waals surface area contributed by atoms with Gasteiger partial charge in [0.05, 0.1) is 5.69 Å². The summed E-state index contributed by atoms with van der Waals surface area (Å²) in [7, 11) is 0. The Labute approximate surface area is 132 Å². The van der Waals surface area contributed by atoms with Crippen LogP contribution < -0.4 is 22.7 Å². The molecular formula is C18H21ClN2. The molecule has 0 saturated carbocycles. The van der Waals surface area contributed by atoms with Crippen molar-refractivity contribution in [2.45, 2.75) is 45.1 Å². The highest BCUT2D eigenvalue weighted by Gasteiger charge is 2.33. The maximum Gasteiger partial charge on any atom is 0.187 e. The van der Waals surface area contributed by atoms with Gasteiger partial charge in [-0.15, -0.1) is 0 Å². The fraction of sp³-hybridized carbons (Fsp3) is 0.389. The zero-order valence-electron chi connectivity index (χ0n) is 12.2. The molecule has 0 fully saturated rings. The first-order valence-corrected chi connectivity index (χ1v) is 7.73. The van der Waals surface area contributed by atoms with Gasteiger partial charge < -0.3 is 18.1 Å². The van der Waals surface area contributed by atoms with Crippen LogP contribution >= 0.6 is 0 Å². The average molecular weight is 301 g/mol. The van der Waals surface area contributed by atoms with Gasteiger partial charge in [0.25, 0.3) is 0 Å². The number of hydrogen-bond acceptors (Lipinski definition) is 1. The van der Waals surface area contributed by atoms with E-state index < -0.39 is 0 Å². The molecule has 0 aliphatic heterocycles. The maximum absolute atomic E-state index is 6.43. The van der Waals surface area contributed by atoms with Gasteiger partial charge in [-0.2, -0.15) is 4.57 Å². The Bertz CT molecular complexity index is 630. The van der Waals surface area contributed by atoms with Crippen molar-refractivity contribution in [2.24, 2.45) is 0 Å². The summed E-state index contributed by atoms with van der Waals surface area (Å²) in [6, 6.07) is 10.8. The van der Waals surface area contributed by atoms with Crippen LogP contribution in [-0.2, 0) is 32.2 Å². The van der Waals surface area contributed by atoms with Gasteiger partial charge >= 0.3 is 0 Å². The van der Waals surface area contributed by atoms with E-state index in [1.165, 1.54) is 66.6 Å². The molecule has 0 radical (unpaired) electrons. The smallest absolute Gasteiger partial charge is 0.187 e. The molecule has 2 aliphatic rings. The van der Waals surface area contributed by atoms with E-state index in [0.29, 0.717) is 0 Å². The van der Waals surface area contributed by atoms with E-state index in [1.807, 2.05) is 0 Å². The fourth-order valence-electron chi connectivity index (χ4n) is 3.93. The minimum absolute atomic E-state index is 0. The number of nitrogens with zero attached hydrogens (tertiary/aromatic N) is 1. The van der Waals surface area contributed by atoms with Crippen molar-refractivity contribution < 1.29 is 17.0 Å². The first-order valence-electron chi connectivity index (χ1n) is 7.73. The number of hydrogen-bond donors (Lipinski definition) is 1. The molecule has 1 heterocycles. The van der Waals surface area contributed by atoms with Gasteiger partial charge in [0, 0.05) is 29.5 Å². The first-order chi connectivity index (χ1) is 9.84. The number of aromatic nitrogens is 1. The van der Waals surface area contributed by atoms with Gasteiger partial charge in [-0.25, -0.2) is 0 Å². The summed E-state index contributed by atoms with van der Waals surface area (Å²) < 4.78 is 2.58. The number of halogens is 1. The van der Waals surface area contributed by atoms with Gasteiger partial charge in [-0.3, -0.25) is 0 Å². The summed E-state index contributed by atoms with van der Waals surface area (Å²) in [5.41, 5.74) is 14.9.